The third-order valence-electron chi connectivity index (χ3n) is 5.20. The fourth-order valence-electron chi connectivity index (χ4n) is 3.50. The molecule has 1 aromatic carbocycles. The summed E-state index contributed by atoms with van der Waals surface area (Å²) in [6, 6.07) is 4.54. The van der Waals surface area contributed by atoms with Crippen molar-refractivity contribution in [3.63, 3.8) is 0 Å². The summed E-state index contributed by atoms with van der Waals surface area (Å²) >= 11 is 2.51. The topological polar surface area (TPSA) is 80.1 Å². The molecular weight excluding hydrogens is 449 g/mol. The first kappa shape index (κ1) is 22.5. The largest absolute Gasteiger partial charge is 0.348 e. The Morgan fingerprint density at radius 2 is 2.09 bits per heavy atom. The van der Waals surface area contributed by atoms with Gasteiger partial charge in [0, 0.05) is 25.3 Å². The van der Waals surface area contributed by atoms with Crippen LogP contribution in [0.15, 0.2) is 40.8 Å². The maximum Gasteiger partial charge on any atom is 0.274 e. The normalized spacial score (nSPS) is 14.0. The number of nitrogens with zero attached hydrogens (tertiary/aromatic N) is 4. The quantitative estimate of drug-likeness (QED) is 0.315. The number of benzene rings is 1. The van der Waals surface area contributed by atoms with E-state index in [0.29, 0.717) is 26.8 Å². The zero-order chi connectivity index (χ0) is 22.7. The highest BCUT2D eigenvalue weighted by Gasteiger charge is 2.20. The van der Waals surface area contributed by atoms with Gasteiger partial charge >= 0.3 is 0 Å². The number of aromatic nitrogens is 3. The van der Waals surface area contributed by atoms with Gasteiger partial charge in [-0.15, -0.1) is 6.58 Å². The summed E-state index contributed by atoms with van der Waals surface area (Å²) in [5.74, 6) is -0.672. The van der Waals surface area contributed by atoms with Gasteiger partial charge in [0.1, 0.15) is 10.5 Å². The molecule has 0 radical (unpaired) electrons. The van der Waals surface area contributed by atoms with Gasteiger partial charge in [0.25, 0.3) is 5.56 Å². The molecule has 0 spiro atoms. The number of carbonyl (C=O) groups excluding carboxylic acids is 1. The smallest absolute Gasteiger partial charge is 0.274 e. The lowest BCUT2D eigenvalue weighted by Crippen LogP contribution is -2.29. The molecule has 10 heteroatoms. The summed E-state index contributed by atoms with van der Waals surface area (Å²) in [7, 11) is 0. The Kier molecular flexibility index (Phi) is 6.90. The van der Waals surface area contributed by atoms with E-state index >= 15 is 0 Å². The highest BCUT2D eigenvalue weighted by Crippen LogP contribution is 2.29. The minimum absolute atomic E-state index is 0.0215. The Bertz CT molecular complexity index is 1220. The lowest BCUT2D eigenvalue weighted by Gasteiger charge is -2.25. The number of allylic oxidation sites excluding steroid dienone is 1. The number of anilines is 2. The van der Waals surface area contributed by atoms with E-state index in [1.807, 2.05) is 0 Å². The van der Waals surface area contributed by atoms with Crippen LogP contribution in [0.2, 0.25) is 0 Å². The number of halogens is 1. The van der Waals surface area contributed by atoms with E-state index in [-0.39, 0.29) is 29.6 Å². The van der Waals surface area contributed by atoms with Gasteiger partial charge in [0.05, 0.1) is 5.75 Å². The molecule has 3 aromatic rings. The van der Waals surface area contributed by atoms with Gasteiger partial charge in [-0.1, -0.05) is 35.2 Å². The SMILES string of the molecule is C=CCn1c(SCC(=O)Nc2ccc(C)c(F)c2)nc2nc(N3CCCCC3)sc2c1=O. The van der Waals surface area contributed by atoms with Crippen LogP contribution < -0.4 is 15.8 Å². The molecule has 1 aliphatic rings. The second kappa shape index (κ2) is 9.83. The molecule has 1 N–H and O–H groups in total. The first-order chi connectivity index (χ1) is 15.5. The van der Waals surface area contributed by atoms with E-state index in [1.165, 1.54) is 28.4 Å². The Morgan fingerprint density at radius 3 is 2.81 bits per heavy atom. The van der Waals surface area contributed by atoms with Gasteiger partial charge in [-0.3, -0.25) is 14.2 Å². The Balaban J connectivity index is 1.55. The summed E-state index contributed by atoms with van der Waals surface area (Å²) in [6.45, 7) is 7.54. The lowest BCUT2D eigenvalue weighted by molar-refractivity contribution is -0.113. The fourth-order valence-corrected chi connectivity index (χ4v) is 5.30. The van der Waals surface area contributed by atoms with E-state index < -0.39 is 0 Å². The number of hydrogen-bond donors (Lipinski definition) is 1. The molecule has 1 aliphatic heterocycles. The van der Waals surface area contributed by atoms with Crippen LogP contribution in [0.3, 0.4) is 0 Å². The van der Waals surface area contributed by atoms with E-state index in [0.717, 1.165) is 42.8 Å². The molecule has 0 unspecified atom stereocenters. The number of hydrogen-bond acceptors (Lipinski definition) is 7. The second-order valence-corrected chi connectivity index (χ2v) is 9.52. The standard InChI is InChI=1S/C22H24FN5O2S2/c1-3-9-28-20(30)18-19(25-21(32-18)27-10-5-4-6-11-27)26-22(28)31-13-17(29)24-15-8-7-14(2)16(23)12-15/h3,7-8,12H,1,4-6,9-11,13H2,2H3,(H,24,29). The summed E-state index contributed by atoms with van der Waals surface area (Å²) in [6.07, 6.45) is 5.07. The van der Waals surface area contributed by atoms with Gasteiger partial charge < -0.3 is 10.2 Å². The van der Waals surface area contributed by atoms with Gasteiger partial charge in [-0.2, -0.15) is 4.98 Å². The second-order valence-electron chi connectivity index (χ2n) is 7.60. The summed E-state index contributed by atoms with van der Waals surface area (Å²) < 4.78 is 15.7. The molecule has 3 heterocycles. The van der Waals surface area contributed by atoms with Crippen molar-refractivity contribution in [1.82, 2.24) is 14.5 Å². The number of amides is 1. The molecule has 168 valence electrons. The fraction of sp³-hybridized carbons (Fsp3) is 0.364. The molecule has 1 saturated heterocycles. The minimum Gasteiger partial charge on any atom is -0.348 e. The van der Waals surface area contributed by atoms with Gasteiger partial charge in [0.2, 0.25) is 5.91 Å². The number of thioether (sulfide) groups is 1. The molecule has 4 rings (SSSR count). The third-order valence-corrected chi connectivity index (χ3v) is 7.27. The van der Waals surface area contributed by atoms with Crippen LogP contribution >= 0.6 is 23.1 Å². The highest BCUT2D eigenvalue weighted by atomic mass is 32.2. The molecule has 7 nitrogen and oxygen atoms in total. The van der Waals surface area contributed by atoms with Crippen LogP contribution in [0.1, 0.15) is 24.8 Å². The number of fused-ring (bicyclic) bond motifs is 1. The monoisotopic (exact) mass is 473 g/mol. The summed E-state index contributed by atoms with van der Waals surface area (Å²) in [5.41, 5.74) is 1.12. The van der Waals surface area contributed by atoms with E-state index in [1.54, 1.807) is 25.1 Å². The molecular formula is C22H24FN5O2S2. The number of piperidine rings is 1. The Hall–Kier alpha value is -2.72. The minimum atomic E-state index is -0.379. The number of rotatable bonds is 7. The average Bonchev–Trinajstić information content (AvgIpc) is 3.22. The number of nitrogens with one attached hydrogen (secondary N) is 1. The first-order valence-corrected chi connectivity index (χ1v) is 12.2. The molecule has 2 aromatic heterocycles. The van der Waals surface area contributed by atoms with E-state index in [4.69, 9.17) is 0 Å². The van der Waals surface area contributed by atoms with Gasteiger partial charge in [-0.05, 0) is 43.9 Å². The molecule has 0 bridgehead atoms. The highest BCUT2D eigenvalue weighted by molar-refractivity contribution is 7.99. The van der Waals surface area contributed by atoms with Crippen molar-refractivity contribution in [2.75, 3.05) is 29.1 Å². The maximum atomic E-state index is 13.7. The third kappa shape index (κ3) is 4.86. The predicted octanol–water partition coefficient (Wildman–Crippen LogP) is 4.21. The Labute approximate surface area is 193 Å². The maximum absolute atomic E-state index is 13.7. The van der Waals surface area contributed by atoms with Crippen LogP contribution in [0.5, 0.6) is 0 Å². The average molecular weight is 474 g/mol. The van der Waals surface area contributed by atoms with Crippen LogP contribution in [-0.2, 0) is 11.3 Å². The van der Waals surface area contributed by atoms with Gasteiger partial charge in [0.15, 0.2) is 15.9 Å². The van der Waals surface area contributed by atoms with Gasteiger partial charge in [-0.25, -0.2) is 9.37 Å². The first-order valence-electron chi connectivity index (χ1n) is 10.4. The summed E-state index contributed by atoms with van der Waals surface area (Å²) in [4.78, 5) is 36.9. The van der Waals surface area contributed by atoms with Crippen LogP contribution in [-0.4, -0.2) is 39.3 Å². The number of carbonyl (C=O) groups is 1. The molecule has 1 amide bonds. The van der Waals surface area contributed by atoms with Crippen molar-refractivity contribution in [2.24, 2.45) is 0 Å². The Morgan fingerprint density at radius 1 is 1.31 bits per heavy atom. The van der Waals surface area contributed by atoms with Crippen LogP contribution in [0.4, 0.5) is 15.2 Å². The lowest BCUT2D eigenvalue weighted by atomic mass is 10.1. The molecule has 1 fully saturated rings. The molecule has 0 aliphatic carbocycles. The van der Waals surface area contributed by atoms with Crippen LogP contribution in [0.25, 0.3) is 10.3 Å². The molecule has 0 saturated carbocycles. The van der Waals surface area contributed by atoms with E-state index in [9.17, 15) is 14.0 Å². The summed E-state index contributed by atoms with van der Waals surface area (Å²) in [5, 5.41) is 3.90. The van der Waals surface area contributed by atoms with Crippen molar-refractivity contribution in [2.45, 2.75) is 37.9 Å². The van der Waals surface area contributed by atoms with E-state index in [2.05, 4.69) is 26.8 Å². The zero-order valence-corrected chi connectivity index (χ0v) is 19.4. The van der Waals surface area contributed by atoms with Crippen molar-refractivity contribution in [3.8, 4) is 0 Å². The zero-order valence-electron chi connectivity index (χ0n) is 17.8. The van der Waals surface area contributed by atoms with Crippen molar-refractivity contribution >= 4 is 50.2 Å². The molecule has 32 heavy (non-hydrogen) atoms. The number of aryl methyl sites for hydroxylation is 1. The van der Waals surface area contributed by atoms with Crippen molar-refractivity contribution in [3.05, 3.63) is 52.6 Å². The van der Waals surface area contributed by atoms with Crippen LogP contribution in [0, 0.1) is 12.7 Å². The van der Waals surface area contributed by atoms with Crippen molar-refractivity contribution in [1.29, 1.82) is 0 Å². The van der Waals surface area contributed by atoms with Crippen molar-refractivity contribution < 1.29 is 9.18 Å². The predicted molar refractivity (Wildman–Crippen MR) is 128 cm³/mol. The number of thiazole rings is 1. The molecule has 0 atom stereocenters.